The van der Waals surface area contributed by atoms with Crippen LogP contribution in [0.25, 0.3) is 11.4 Å². The highest BCUT2D eigenvalue weighted by Crippen LogP contribution is 2.28. The molecule has 1 aromatic heterocycles. The number of hydrogen-bond donors (Lipinski definition) is 0. The minimum atomic E-state index is 0.568. The van der Waals surface area contributed by atoms with Crippen LogP contribution < -0.4 is 0 Å². The molecule has 0 saturated carbocycles. The van der Waals surface area contributed by atoms with E-state index in [1.54, 1.807) is 22.9 Å². The Kier molecular flexibility index (Phi) is 3.67. The van der Waals surface area contributed by atoms with Crippen LogP contribution in [0.2, 0.25) is 10.0 Å². The van der Waals surface area contributed by atoms with Crippen LogP contribution in [0.1, 0.15) is 5.56 Å². The Morgan fingerprint density at radius 3 is 2.60 bits per heavy atom. The lowest BCUT2D eigenvalue weighted by Gasteiger charge is -2.06. The molecule has 0 unspecified atom stereocenters. The molecule has 2 aromatic carbocycles. The third kappa shape index (κ3) is 2.66. The van der Waals surface area contributed by atoms with Crippen LogP contribution in [0, 0.1) is 0 Å². The second-order valence-corrected chi connectivity index (χ2v) is 5.11. The highest BCUT2D eigenvalue weighted by Gasteiger charge is 2.13. The number of benzene rings is 2. The Hall–Kier alpha value is -1.91. The largest absolute Gasteiger partial charge is 0.221 e. The monoisotopic (exact) mass is 304 g/mol. The number of aromatic nitrogens is 4. The summed E-state index contributed by atoms with van der Waals surface area (Å²) in [7, 11) is 0. The Labute approximate surface area is 126 Å². The maximum absolute atomic E-state index is 6.20. The van der Waals surface area contributed by atoms with Crippen molar-refractivity contribution >= 4 is 23.2 Å². The second-order valence-electron chi connectivity index (χ2n) is 4.27. The van der Waals surface area contributed by atoms with Gasteiger partial charge in [-0.05, 0) is 34.2 Å². The maximum atomic E-state index is 6.20. The van der Waals surface area contributed by atoms with E-state index in [1.165, 1.54) is 0 Å². The summed E-state index contributed by atoms with van der Waals surface area (Å²) in [6, 6.07) is 15.2. The standard InChI is InChI=1S/C14H10Cl2N4/c15-11-6-7-13(16)12(8-11)14-17-18-19-20(14)9-10-4-2-1-3-5-10/h1-8H,9H2. The summed E-state index contributed by atoms with van der Waals surface area (Å²) in [5.41, 5.74) is 1.83. The van der Waals surface area contributed by atoms with Crippen molar-refractivity contribution < 1.29 is 0 Å². The Bertz CT molecular complexity index is 725. The number of rotatable bonds is 3. The molecule has 0 aliphatic carbocycles. The molecule has 0 fully saturated rings. The zero-order valence-electron chi connectivity index (χ0n) is 10.4. The first-order chi connectivity index (χ1) is 9.74. The van der Waals surface area contributed by atoms with E-state index in [4.69, 9.17) is 23.2 Å². The molecule has 0 aliphatic heterocycles. The summed E-state index contributed by atoms with van der Waals surface area (Å²) < 4.78 is 1.70. The van der Waals surface area contributed by atoms with Gasteiger partial charge in [0.25, 0.3) is 0 Å². The Balaban J connectivity index is 2.00. The van der Waals surface area contributed by atoms with E-state index in [2.05, 4.69) is 15.5 Å². The van der Waals surface area contributed by atoms with E-state index in [-0.39, 0.29) is 0 Å². The molecule has 1 heterocycles. The average Bonchev–Trinajstić information content (AvgIpc) is 2.91. The van der Waals surface area contributed by atoms with Gasteiger partial charge in [0.2, 0.25) is 0 Å². The molecule has 0 atom stereocenters. The van der Waals surface area contributed by atoms with Gasteiger partial charge in [-0.3, -0.25) is 0 Å². The molecule has 3 rings (SSSR count). The van der Waals surface area contributed by atoms with E-state index in [0.29, 0.717) is 22.4 Å². The van der Waals surface area contributed by atoms with Gasteiger partial charge in [0, 0.05) is 10.6 Å². The fraction of sp³-hybridized carbons (Fsp3) is 0.0714. The Morgan fingerprint density at radius 1 is 1.00 bits per heavy atom. The van der Waals surface area contributed by atoms with Crippen molar-refractivity contribution in [3.8, 4) is 11.4 Å². The SMILES string of the molecule is Clc1ccc(Cl)c(-c2nnnn2Cc2ccccc2)c1. The van der Waals surface area contributed by atoms with Crippen LogP contribution in [0.5, 0.6) is 0 Å². The number of halogens is 2. The van der Waals surface area contributed by atoms with Crippen LogP contribution in [-0.4, -0.2) is 20.2 Å². The van der Waals surface area contributed by atoms with E-state index < -0.39 is 0 Å². The minimum absolute atomic E-state index is 0.568. The first-order valence-electron chi connectivity index (χ1n) is 5.99. The molecule has 20 heavy (non-hydrogen) atoms. The van der Waals surface area contributed by atoms with Crippen LogP contribution in [0.15, 0.2) is 48.5 Å². The summed E-state index contributed by atoms with van der Waals surface area (Å²) in [5.74, 6) is 0.598. The first kappa shape index (κ1) is 13.1. The van der Waals surface area contributed by atoms with Crippen LogP contribution in [0.3, 0.4) is 0 Å². The summed E-state index contributed by atoms with van der Waals surface area (Å²) in [5, 5.41) is 12.9. The van der Waals surface area contributed by atoms with Crippen LogP contribution in [-0.2, 0) is 6.54 Å². The van der Waals surface area contributed by atoms with Crippen molar-refractivity contribution in [2.45, 2.75) is 6.54 Å². The van der Waals surface area contributed by atoms with Gasteiger partial charge in [0.05, 0.1) is 11.6 Å². The van der Waals surface area contributed by atoms with Gasteiger partial charge in [0.15, 0.2) is 5.82 Å². The minimum Gasteiger partial charge on any atom is -0.221 e. The van der Waals surface area contributed by atoms with Crippen molar-refractivity contribution in [1.29, 1.82) is 0 Å². The van der Waals surface area contributed by atoms with E-state index in [9.17, 15) is 0 Å². The lowest BCUT2D eigenvalue weighted by molar-refractivity contribution is 0.653. The Morgan fingerprint density at radius 2 is 1.80 bits per heavy atom. The van der Waals surface area contributed by atoms with Gasteiger partial charge in [-0.1, -0.05) is 53.5 Å². The second kappa shape index (κ2) is 5.61. The van der Waals surface area contributed by atoms with Gasteiger partial charge in [-0.15, -0.1) is 5.10 Å². The van der Waals surface area contributed by atoms with Crippen LogP contribution in [0.4, 0.5) is 0 Å². The molecule has 0 saturated heterocycles. The molecule has 0 amide bonds. The van der Waals surface area contributed by atoms with Crippen molar-refractivity contribution in [2.24, 2.45) is 0 Å². The van der Waals surface area contributed by atoms with Gasteiger partial charge < -0.3 is 0 Å². The molecule has 0 aliphatic rings. The van der Waals surface area contributed by atoms with Gasteiger partial charge in [-0.2, -0.15) is 0 Å². The predicted octanol–water partition coefficient (Wildman–Crippen LogP) is 3.70. The van der Waals surface area contributed by atoms with Crippen molar-refractivity contribution in [1.82, 2.24) is 20.2 Å². The molecular formula is C14H10Cl2N4. The molecule has 6 heteroatoms. The zero-order valence-corrected chi connectivity index (χ0v) is 11.9. The van der Waals surface area contributed by atoms with Crippen molar-refractivity contribution in [3.63, 3.8) is 0 Å². The molecule has 4 nitrogen and oxygen atoms in total. The predicted molar refractivity (Wildman–Crippen MR) is 78.8 cm³/mol. The number of tetrazole rings is 1. The molecule has 0 spiro atoms. The summed E-state index contributed by atoms with van der Waals surface area (Å²) in [4.78, 5) is 0. The highest BCUT2D eigenvalue weighted by atomic mass is 35.5. The lowest BCUT2D eigenvalue weighted by Crippen LogP contribution is -2.04. The molecule has 0 bridgehead atoms. The number of nitrogens with zero attached hydrogens (tertiary/aromatic N) is 4. The van der Waals surface area contributed by atoms with E-state index in [0.717, 1.165) is 11.1 Å². The van der Waals surface area contributed by atoms with Crippen molar-refractivity contribution in [3.05, 3.63) is 64.1 Å². The summed E-state index contributed by atoms with van der Waals surface area (Å²) in [6.45, 7) is 0.575. The van der Waals surface area contributed by atoms with Gasteiger partial charge in [0.1, 0.15) is 0 Å². The quantitative estimate of drug-likeness (QED) is 0.741. The van der Waals surface area contributed by atoms with Gasteiger partial charge >= 0.3 is 0 Å². The first-order valence-corrected chi connectivity index (χ1v) is 6.75. The average molecular weight is 305 g/mol. The van der Waals surface area contributed by atoms with Crippen molar-refractivity contribution in [2.75, 3.05) is 0 Å². The fourth-order valence-electron chi connectivity index (χ4n) is 1.93. The van der Waals surface area contributed by atoms with Crippen LogP contribution >= 0.6 is 23.2 Å². The number of hydrogen-bond acceptors (Lipinski definition) is 3. The topological polar surface area (TPSA) is 43.6 Å². The zero-order chi connectivity index (χ0) is 13.9. The molecular weight excluding hydrogens is 295 g/mol. The van der Waals surface area contributed by atoms with E-state index in [1.807, 2.05) is 30.3 Å². The fourth-order valence-corrected chi connectivity index (χ4v) is 2.30. The van der Waals surface area contributed by atoms with Gasteiger partial charge in [-0.25, -0.2) is 4.68 Å². The summed E-state index contributed by atoms with van der Waals surface area (Å²) >= 11 is 12.2. The molecule has 0 radical (unpaired) electrons. The third-order valence-electron chi connectivity index (χ3n) is 2.88. The maximum Gasteiger partial charge on any atom is 0.183 e. The smallest absolute Gasteiger partial charge is 0.183 e. The highest BCUT2D eigenvalue weighted by molar-refractivity contribution is 6.35. The molecule has 0 N–H and O–H groups in total. The normalized spacial score (nSPS) is 10.7. The molecule has 3 aromatic rings. The summed E-state index contributed by atoms with van der Waals surface area (Å²) in [6.07, 6.45) is 0. The lowest BCUT2D eigenvalue weighted by atomic mass is 10.2. The molecule has 100 valence electrons. The third-order valence-corrected chi connectivity index (χ3v) is 3.44. The van der Waals surface area contributed by atoms with E-state index >= 15 is 0 Å².